The van der Waals surface area contributed by atoms with Crippen molar-refractivity contribution in [1.29, 1.82) is 0 Å². The molecule has 0 aliphatic carbocycles. The van der Waals surface area contributed by atoms with E-state index in [1.165, 1.54) is 11.1 Å². The highest BCUT2D eigenvalue weighted by Gasteiger charge is 2.11. The second kappa shape index (κ2) is 9.43. The summed E-state index contributed by atoms with van der Waals surface area (Å²) in [7, 11) is 0. The van der Waals surface area contributed by atoms with E-state index in [4.69, 9.17) is 0 Å². The summed E-state index contributed by atoms with van der Waals surface area (Å²) < 4.78 is 0. The summed E-state index contributed by atoms with van der Waals surface area (Å²) in [4.78, 5) is 21.3. The van der Waals surface area contributed by atoms with Crippen LogP contribution in [0.25, 0.3) is 11.3 Å². The van der Waals surface area contributed by atoms with Crippen molar-refractivity contribution in [1.82, 2.24) is 15.3 Å². The first-order valence-electron chi connectivity index (χ1n) is 10.6. The van der Waals surface area contributed by atoms with E-state index < -0.39 is 0 Å². The molecule has 4 aromatic rings. The van der Waals surface area contributed by atoms with Gasteiger partial charge in [-0.1, -0.05) is 59.7 Å². The largest absolute Gasteiger partial charge is 0.346 e. The van der Waals surface area contributed by atoms with Crippen molar-refractivity contribution in [3.63, 3.8) is 0 Å². The SMILES string of the molecule is Cc1ccc(-c2cc(Nc3ccc(C(=O)N[C@@H](C)c4ccc(C)cc4)cc3)ncn2)cc1. The summed E-state index contributed by atoms with van der Waals surface area (Å²) in [6, 6.07) is 25.6. The number of amides is 1. The number of aromatic nitrogens is 2. The molecule has 0 fully saturated rings. The summed E-state index contributed by atoms with van der Waals surface area (Å²) in [5, 5.41) is 6.33. The van der Waals surface area contributed by atoms with E-state index in [0.717, 1.165) is 22.5 Å². The third-order valence-corrected chi connectivity index (χ3v) is 5.36. The lowest BCUT2D eigenvalue weighted by atomic mass is 10.1. The van der Waals surface area contributed by atoms with Crippen LogP contribution in [0.4, 0.5) is 11.5 Å². The number of hydrogen-bond acceptors (Lipinski definition) is 4. The zero-order chi connectivity index (χ0) is 22.5. The van der Waals surface area contributed by atoms with Crippen LogP contribution in [0.15, 0.2) is 85.2 Å². The molecule has 0 bridgehead atoms. The van der Waals surface area contributed by atoms with Crippen molar-refractivity contribution >= 4 is 17.4 Å². The van der Waals surface area contributed by atoms with E-state index in [2.05, 4.69) is 51.8 Å². The molecule has 32 heavy (non-hydrogen) atoms. The molecule has 5 heteroatoms. The van der Waals surface area contributed by atoms with Gasteiger partial charge in [0.2, 0.25) is 0 Å². The van der Waals surface area contributed by atoms with Crippen molar-refractivity contribution in [3.8, 4) is 11.3 Å². The fraction of sp³-hybridized carbons (Fsp3) is 0.148. The van der Waals surface area contributed by atoms with E-state index >= 15 is 0 Å². The minimum absolute atomic E-state index is 0.0675. The van der Waals surface area contributed by atoms with Crippen molar-refractivity contribution < 1.29 is 4.79 Å². The Balaban J connectivity index is 1.41. The highest BCUT2D eigenvalue weighted by atomic mass is 16.1. The van der Waals surface area contributed by atoms with Gasteiger partial charge in [-0.25, -0.2) is 9.97 Å². The number of rotatable bonds is 6. The van der Waals surface area contributed by atoms with Gasteiger partial charge in [0.15, 0.2) is 0 Å². The molecule has 0 aliphatic rings. The summed E-state index contributed by atoms with van der Waals surface area (Å²) in [6.45, 7) is 6.09. The Hall–Kier alpha value is -3.99. The number of aryl methyl sites for hydroxylation is 2. The first kappa shape index (κ1) is 21.2. The van der Waals surface area contributed by atoms with Gasteiger partial charge in [-0.3, -0.25) is 4.79 Å². The number of nitrogens with one attached hydrogen (secondary N) is 2. The van der Waals surface area contributed by atoms with Gasteiger partial charge in [-0.15, -0.1) is 0 Å². The maximum Gasteiger partial charge on any atom is 0.251 e. The average Bonchev–Trinajstić information content (AvgIpc) is 2.80. The van der Waals surface area contributed by atoms with Crippen LogP contribution in [0.5, 0.6) is 0 Å². The summed E-state index contributed by atoms with van der Waals surface area (Å²) in [5.41, 5.74) is 6.83. The molecule has 0 saturated heterocycles. The molecule has 1 atom stereocenters. The zero-order valence-electron chi connectivity index (χ0n) is 18.5. The Morgan fingerprint density at radius 1 is 0.812 bits per heavy atom. The second-order valence-electron chi connectivity index (χ2n) is 7.96. The van der Waals surface area contributed by atoms with Crippen LogP contribution in [0, 0.1) is 13.8 Å². The molecule has 1 amide bonds. The third-order valence-electron chi connectivity index (χ3n) is 5.36. The van der Waals surface area contributed by atoms with Crippen LogP contribution in [0.3, 0.4) is 0 Å². The van der Waals surface area contributed by atoms with Gasteiger partial charge in [0.25, 0.3) is 5.91 Å². The Kier molecular flexibility index (Phi) is 6.26. The first-order chi connectivity index (χ1) is 15.5. The fourth-order valence-electron chi connectivity index (χ4n) is 3.38. The monoisotopic (exact) mass is 422 g/mol. The zero-order valence-corrected chi connectivity index (χ0v) is 18.5. The number of hydrogen-bond donors (Lipinski definition) is 2. The molecule has 0 spiro atoms. The van der Waals surface area contributed by atoms with Gasteiger partial charge < -0.3 is 10.6 Å². The van der Waals surface area contributed by atoms with Crippen molar-refractivity contribution in [2.24, 2.45) is 0 Å². The molecule has 4 rings (SSSR count). The smallest absolute Gasteiger partial charge is 0.251 e. The van der Waals surface area contributed by atoms with Gasteiger partial charge in [0, 0.05) is 22.9 Å². The first-order valence-corrected chi connectivity index (χ1v) is 10.6. The van der Waals surface area contributed by atoms with Crippen LogP contribution >= 0.6 is 0 Å². The molecule has 0 saturated carbocycles. The number of nitrogens with zero attached hydrogens (tertiary/aromatic N) is 2. The van der Waals surface area contributed by atoms with Gasteiger partial charge in [0.1, 0.15) is 12.1 Å². The topological polar surface area (TPSA) is 66.9 Å². The molecular weight excluding hydrogens is 396 g/mol. The lowest BCUT2D eigenvalue weighted by molar-refractivity contribution is 0.0940. The summed E-state index contributed by atoms with van der Waals surface area (Å²) in [6.07, 6.45) is 1.55. The van der Waals surface area contributed by atoms with Crippen LogP contribution < -0.4 is 10.6 Å². The van der Waals surface area contributed by atoms with E-state index in [0.29, 0.717) is 11.4 Å². The van der Waals surface area contributed by atoms with E-state index in [1.54, 1.807) is 6.33 Å². The molecular formula is C27H26N4O. The Bertz CT molecular complexity index is 1200. The van der Waals surface area contributed by atoms with Gasteiger partial charge in [-0.05, 0) is 50.6 Å². The normalized spacial score (nSPS) is 11.6. The average molecular weight is 423 g/mol. The molecule has 3 aromatic carbocycles. The van der Waals surface area contributed by atoms with Gasteiger partial charge in [-0.2, -0.15) is 0 Å². The summed E-state index contributed by atoms with van der Waals surface area (Å²) in [5.74, 6) is 0.592. The molecule has 1 heterocycles. The van der Waals surface area contributed by atoms with Gasteiger partial charge >= 0.3 is 0 Å². The van der Waals surface area contributed by atoms with E-state index in [-0.39, 0.29) is 11.9 Å². The maximum atomic E-state index is 12.6. The summed E-state index contributed by atoms with van der Waals surface area (Å²) >= 11 is 0. The van der Waals surface area contributed by atoms with Gasteiger partial charge in [0.05, 0.1) is 11.7 Å². The number of carbonyl (C=O) groups is 1. The molecule has 0 radical (unpaired) electrons. The lowest BCUT2D eigenvalue weighted by Crippen LogP contribution is -2.26. The fourth-order valence-corrected chi connectivity index (χ4v) is 3.38. The van der Waals surface area contributed by atoms with Crippen LogP contribution in [-0.4, -0.2) is 15.9 Å². The molecule has 0 aliphatic heterocycles. The van der Waals surface area contributed by atoms with Crippen molar-refractivity contribution in [3.05, 3.63) is 107 Å². The minimum Gasteiger partial charge on any atom is -0.346 e. The molecule has 0 unspecified atom stereocenters. The minimum atomic E-state index is -0.103. The Labute approximate surface area is 188 Å². The van der Waals surface area contributed by atoms with E-state index in [1.807, 2.05) is 68.4 Å². The predicted octanol–water partition coefficient (Wildman–Crippen LogP) is 6.00. The molecule has 160 valence electrons. The van der Waals surface area contributed by atoms with Crippen LogP contribution in [-0.2, 0) is 0 Å². The number of anilines is 2. The van der Waals surface area contributed by atoms with Crippen molar-refractivity contribution in [2.45, 2.75) is 26.8 Å². The molecule has 2 N–H and O–H groups in total. The van der Waals surface area contributed by atoms with E-state index in [9.17, 15) is 4.79 Å². The number of carbonyl (C=O) groups excluding carboxylic acids is 1. The highest BCUT2D eigenvalue weighted by molar-refractivity contribution is 5.94. The predicted molar refractivity (Wildman–Crippen MR) is 129 cm³/mol. The lowest BCUT2D eigenvalue weighted by Gasteiger charge is -2.15. The Morgan fingerprint density at radius 3 is 2.09 bits per heavy atom. The standard InChI is InChI=1S/C27H26N4O/c1-18-4-8-21(9-5-18)20(3)30-27(32)23-12-14-24(15-13-23)31-26-16-25(28-17-29-26)22-10-6-19(2)7-11-22/h4-17,20H,1-3H3,(H,30,32)(H,28,29,31)/t20-/m0/s1. The Morgan fingerprint density at radius 2 is 1.44 bits per heavy atom. The highest BCUT2D eigenvalue weighted by Crippen LogP contribution is 2.22. The molecule has 1 aromatic heterocycles. The third kappa shape index (κ3) is 5.19. The van der Waals surface area contributed by atoms with Crippen molar-refractivity contribution in [2.75, 3.05) is 5.32 Å². The number of benzene rings is 3. The maximum absolute atomic E-state index is 12.6. The quantitative estimate of drug-likeness (QED) is 0.400. The molecule has 5 nitrogen and oxygen atoms in total. The van der Waals surface area contributed by atoms with Crippen LogP contribution in [0.2, 0.25) is 0 Å². The van der Waals surface area contributed by atoms with Crippen LogP contribution in [0.1, 0.15) is 40.0 Å². The second-order valence-corrected chi connectivity index (χ2v) is 7.96.